The van der Waals surface area contributed by atoms with Gasteiger partial charge in [0, 0.05) is 47.8 Å². The first-order chi connectivity index (χ1) is 28.7. The lowest BCUT2D eigenvalue weighted by molar-refractivity contribution is -0.141. The fourth-order valence-corrected chi connectivity index (χ4v) is 7.41. The molecule has 0 aromatic carbocycles. The largest absolute Gasteiger partial charge is 0.469 e. The van der Waals surface area contributed by atoms with Gasteiger partial charge in [0.05, 0.1) is 78.3 Å². The van der Waals surface area contributed by atoms with Gasteiger partial charge < -0.3 is 38.4 Å². The molecule has 5 rings (SSSR count). The average Bonchev–Trinajstić information content (AvgIpc) is 3.92. The summed E-state index contributed by atoms with van der Waals surface area (Å²) in [5.74, 6) is -2.75. The van der Waals surface area contributed by atoms with Crippen LogP contribution in [0.1, 0.15) is 97.4 Å². The monoisotopic (exact) mass is 826 g/mol. The van der Waals surface area contributed by atoms with Gasteiger partial charge in [-0.05, 0) is 108 Å². The molecule has 5 heterocycles. The summed E-state index contributed by atoms with van der Waals surface area (Å²) in [5, 5.41) is 0. The lowest BCUT2D eigenvalue weighted by Gasteiger charge is -2.06. The topological polar surface area (TPSA) is 215 Å². The second-order valence-corrected chi connectivity index (χ2v) is 14.2. The minimum atomic E-state index is -0.513. The number of carbonyl (C=O) groups excluding carboxylic acids is 6. The van der Waals surface area contributed by atoms with Crippen LogP contribution in [-0.2, 0) is 82.9 Å². The summed E-state index contributed by atoms with van der Waals surface area (Å²) in [5.41, 5.74) is 9.69. The Labute approximate surface area is 346 Å². The summed E-state index contributed by atoms with van der Waals surface area (Å²) in [6.45, 7) is 3.76. The fraction of sp³-hybridized carbons (Fsp3) is 0.409. The summed E-state index contributed by atoms with van der Waals surface area (Å²) in [7, 11) is 7.83. The number of methoxy groups -OCH3 is 6. The number of fused-ring (bicyclic) bond motifs is 8. The number of esters is 6. The third kappa shape index (κ3) is 10.2. The molecule has 0 saturated carbocycles. The lowest BCUT2D eigenvalue weighted by Crippen LogP contribution is -2.08. The SMILES string of the molecule is COC(=O)CCC1=C(C)c2cc3[nH]c(cc4nc(cc5[nH]c(cc1n2)c(CC(=O)OC)c5CCC(=O)OC)C(C)=C4CCC(=O)OC)c(CC(=O)OC)c3CCC(=O)OC. The van der Waals surface area contributed by atoms with Crippen LogP contribution in [0.25, 0.3) is 44.4 Å². The van der Waals surface area contributed by atoms with E-state index < -0.39 is 35.8 Å². The number of aromatic nitrogens is 4. The zero-order valence-corrected chi connectivity index (χ0v) is 35.2. The van der Waals surface area contributed by atoms with E-state index in [1.54, 1.807) is 12.1 Å². The molecule has 2 N–H and O–H groups in total. The molecule has 318 valence electrons. The lowest BCUT2D eigenvalue weighted by atomic mass is 9.98. The maximum atomic E-state index is 13.0. The van der Waals surface area contributed by atoms with E-state index in [1.165, 1.54) is 42.7 Å². The molecule has 8 bridgehead atoms. The molecule has 2 aliphatic rings. The van der Waals surface area contributed by atoms with Crippen molar-refractivity contribution in [1.29, 1.82) is 0 Å². The molecule has 3 aromatic rings. The fourth-order valence-electron chi connectivity index (χ4n) is 7.41. The number of hydrogen-bond donors (Lipinski definition) is 2. The summed E-state index contributed by atoms with van der Waals surface area (Å²) in [6.07, 6.45) is 0.774. The van der Waals surface area contributed by atoms with E-state index in [0.29, 0.717) is 67.1 Å². The molecule has 16 heteroatoms. The number of hydrogen-bond acceptors (Lipinski definition) is 14. The predicted octanol–water partition coefficient (Wildman–Crippen LogP) is 5.72. The Hall–Kier alpha value is -6.58. The quantitative estimate of drug-likeness (QED) is 0.130. The minimum absolute atomic E-state index is 0.00702. The summed E-state index contributed by atoms with van der Waals surface area (Å²) in [6, 6.07) is 7.24. The number of nitrogens with zero attached hydrogens (tertiary/aromatic N) is 2. The molecule has 0 aliphatic carbocycles. The Kier molecular flexibility index (Phi) is 14.8. The Morgan fingerprint density at radius 1 is 0.417 bits per heavy atom. The number of rotatable bonds is 16. The molecule has 0 fully saturated rings. The smallest absolute Gasteiger partial charge is 0.310 e. The van der Waals surface area contributed by atoms with E-state index in [-0.39, 0.29) is 64.2 Å². The first kappa shape index (κ1) is 44.5. The maximum Gasteiger partial charge on any atom is 0.310 e. The second-order valence-electron chi connectivity index (χ2n) is 14.2. The number of aryl methyl sites for hydroxylation is 2. The zero-order valence-electron chi connectivity index (χ0n) is 35.2. The molecule has 0 saturated heterocycles. The molecule has 2 aliphatic heterocycles. The van der Waals surface area contributed by atoms with Crippen molar-refractivity contribution in [2.75, 3.05) is 42.7 Å². The van der Waals surface area contributed by atoms with Crippen LogP contribution >= 0.6 is 0 Å². The molecular formula is C44H50N4O12. The van der Waals surface area contributed by atoms with E-state index in [4.69, 9.17) is 38.4 Å². The van der Waals surface area contributed by atoms with Crippen LogP contribution in [0.2, 0.25) is 0 Å². The van der Waals surface area contributed by atoms with E-state index in [0.717, 1.165) is 22.3 Å². The highest BCUT2D eigenvalue weighted by atomic mass is 16.5. The van der Waals surface area contributed by atoms with Gasteiger partial charge in [-0.15, -0.1) is 0 Å². The van der Waals surface area contributed by atoms with Crippen LogP contribution in [0.4, 0.5) is 0 Å². The Balaban J connectivity index is 1.99. The Morgan fingerprint density at radius 3 is 1.02 bits per heavy atom. The van der Waals surface area contributed by atoms with Crippen molar-refractivity contribution in [3.05, 3.63) is 69.3 Å². The minimum Gasteiger partial charge on any atom is -0.469 e. The van der Waals surface area contributed by atoms with Crippen LogP contribution < -0.4 is 0 Å². The van der Waals surface area contributed by atoms with Crippen LogP contribution in [0, 0.1) is 0 Å². The average molecular weight is 827 g/mol. The molecule has 0 radical (unpaired) electrons. The molecule has 0 spiro atoms. The summed E-state index contributed by atoms with van der Waals surface area (Å²) >= 11 is 0. The van der Waals surface area contributed by atoms with Crippen LogP contribution in [-0.4, -0.2) is 98.4 Å². The molecule has 0 unspecified atom stereocenters. The van der Waals surface area contributed by atoms with Crippen LogP contribution in [0.15, 0.2) is 24.3 Å². The Bertz CT molecular complexity index is 2280. The van der Waals surface area contributed by atoms with Crippen LogP contribution in [0.5, 0.6) is 0 Å². The first-order valence-corrected chi connectivity index (χ1v) is 19.3. The van der Waals surface area contributed by atoms with Crippen molar-refractivity contribution < 1.29 is 57.2 Å². The van der Waals surface area contributed by atoms with Gasteiger partial charge in [-0.3, -0.25) is 28.8 Å². The highest BCUT2D eigenvalue weighted by Crippen LogP contribution is 2.38. The third-order valence-electron chi connectivity index (χ3n) is 10.8. The number of aromatic amines is 2. The predicted molar refractivity (Wildman–Crippen MR) is 221 cm³/mol. The molecule has 16 nitrogen and oxygen atoms in total. The highest BCUT2D eigenvalue weighted by Gasteiger charge is 2.25. The zero-order chi connectivity index (χ0) is 43.7. The maximum absolute atomic E-state index is 13.0. The van der Waals surface area contributed by atoms with Gasteiger partial charge >= 0.3 is 35.8 Å². The molecule has 0 amide bonds. The number of H-pyrrole nitrogens is 2. The highest BCUT2D eigenvalue weighted by molar-refractivity contribution is 5.97. The number of nitrogens with one attached hydrogen (secondary N) is 2. The van der Waals surface area contributed by atoms with E-state index in [1.807, 2.05) is 26.0 Å². The number of carbonyl (C=O) groups is 6. The summed E-state index contributed by atoms with van der Waals surface area (Å²) in [4.78, 5) is 93.0. The van der Waals surface area contributed by atoms with Crippen LogP contribution in [0.3, 0.4) is 0 Å². The van der Waals surface area contributed by atoms with Gasteiger partial charge in [0.15, 0.2) is 0 Å². The molecular weight excluding hydrogens is 776 g/mol. The van der Waals surface area contributed by atoms with E-state index in [9.17, 15) is 28.8 Å². The van der Waals surface area contributed by atoms with Crippen molar-refractivity contribution in [3.8, 4) is 0 Å². The van der Waals surface area contributed by atoms with Gasteiger partial charge in [-0.2, -0.15) is 0 Å². The van der Waals surface area contributed by atoms with Crippen molar-refractivity contribution >= 4 is 80.2 Å². The third-order valence-corrected chi connectivity index (χ3v) is 10.8. The Morgan fingerprint density at radius 2 is 0.700 bits per heavy atom. The van der Waals surface area contributed by atoms with Gasteiger partial charge in [-0.25, -0.2) is 9.97 Å². The standard InChI is InChI=1S/C44H50N4O12/c1-23-25(9-13-39(49)55-3)33-21-37-30(18-44(54)60-8)28(12-16-42(52)58-6)36(48-37)20-32-24(2)26(10-14-40(50)56-4)34(46-32)22-38-29(17-43(53)59-7)27(11-15-41(51)57-5)35(47-38)19-31(23)45-33/h19-22,47-48H,9-18H2,1-8H3. The van der Waals surface area contributed by atoms with Gasteiger partial charge in [0.25, 0.3) is 0 Å². The van der Waals surface area contributed by atoms with Crippen molar-refractivity contribution in [2.45, 2.75) is 78.1 Å². The van der Waals surface area contributed by atoms with E-state index >= 15 is 0 Å². The van der Waals surface area contributed by atoms with Gasteiger partial charge in [0.2, 0.25) is 0 Å². The summed E-state index contributed by atoms with van der Waals surface area (Å²) < 4.78 is 30.1. The first-order valence-electron chi connectivity index (χ1n) is 19.3. The molecule has 0 atom stereocenters. The van der Waals surface area contributed by atoms with Gasteiger partial charge in [0.1, 0.15) is 0 Å². The molecule has 60 heavy (non-hydrogen) atoms. The van der Waals surface area contributed by atoms with Crippen molar-refractivity contribution in [2.24, 2.45) is 0 Å². The number of ether oxygens (including phenoxy) is 6. The van der Waals surface area contributed by atoms with Crippen molar-refractivity contribution in [1.82, 2.24) is 19.9 Å². The number of allylic oxidation sites excluding steroid dienone is 4. The normalized spacial score (nSPS) is 12.3. The van der Waals surface area contributed by atoms with Gasteiger partial charge in [-0.1, -0.05) is 0 Å². The molecule has 3 aromatic heterocycles. The second kappa shape index (κ2) is 19.9. The van der Waals surface area contributed by atoms with Crippen molar-refractivity contribution in [3.63, 3.8) is 0 Å². The van der Waals surface area contributed by atoms with E-state index in [2.05, 4.69) is 9.97 Å².